The van der Waals surface area contributed by atoms with E-state index in [0.29, 0.717) is 6.04 Å². The van der Waals surface area contributed by atoms with Gasteiger partial charge in [-0.2, -0.15) is 0 Å². The summed E-state index contributed by atoms with van der Waals surface area (Å²) in [5.41, 5.74) is 1.39. The molecule has 0 aliphatic carbocycles. The smallest absolute Gasteiger partial charge is 0.0164 e. The van der Waals surface area contributed by atoms with Crippen LogP contribution in [0.2, 0.25) is 0 Å². The molecule has 0 heterocycles. The van der Waals surface area contributed by atoms with E-state index < -0.39 is 0 Å². The minimum absolute atomic E-state index is 0.634. The third kappa shape index (κ3) is 5.92. The summed E-state index contributed by atoms with van der Waals surface area (Å²) >= 11 is 1.99. The Morgan fingerprint density at radius 3 is 2.56 bits per heavy atom. The highest BCUT2D eigenvalue weighted by Gasteiger charge is 2.11. The zero-order chi connectivity index (χ0) is 13.4. The van der Waals surface area contributed by atoms with Crippen LogP contribution in [-0.4, -0.2) is 18.3 Å². The second-order valence-corrected chi connectivity index (χ2v) is 6.42. The monoisotopic (exact) mass is 265 g/mol. The van der Waals surface area contributed by atoms with E-state index in [4.69, 9.17) is 0 Å². The molecule has 1 rings (SSSR count). The predicted molar refractivity (Wildman–Crippen MR) is 83.4 cm³/mol. The van der Waals surface area contributed by atoms with E-state index >= 15 is 0 Å². The predicted octanol–water partition coefficient (Wildman–Crippen LogP) is 4.50. The van der Waals surface area contributed by atoms with E-state index in [9.17, 15) is 0 Å². The second kappa shape index (κ2) is 8.60. The van der Waals surface area contributed by atoms with Gasteiger partial charge in [0.1, 0.15) is 0 Å². The summed E-state index contributed by atoms with van der Waals surface area (Å²) in [5, 5.41) is 3.67. The Bertz CT molecular complexity index is 336. The molecule has 0 saturated heterocycles. The lowest BCUT2D eigenvalue weighted by Crippen LogP contribution is -2.33. The highest BCUT2D eigenvalue weighted by atomic mass is 32.2. The van der Waals surface area contributed by atoms with Crippen molar-refractivity contribution in [1.29, 1.82) is 0 Å². The van der Waals surface area contributed by atoms with Gasteiger partial charge < -0.3 is 5.32 Å². The summed E-state index contributed by atoms with van der Waals surface area (Å²) in [6.45, 7) is 10.2. The third-order valence-corrected chi connectivity index (χ3v) is 4.31. The summed E-state index contributed by atoms with van der Waals surface area (Å²) in [6, 6.07) is 9.30. The molecular weight excluding hydrogens is 238 g/mol. The lowest BCUT2D eigenvalue weighted by molar-refractivity contribution is 0.448. The van der Waals surface area contributed by atoms with Crippen molar-refractivity contribution in [2.75, 3.05) is 12.3 Å². The van der Waals surface area contributed by atoms with Crippen molar-refractivity contribution in [2.45, 2.75) is 51.5 Å². The van der Waals surface area contributed by atoms with Crippen molar-refractivity contribution in [3.63, 3.8) is 0 Å². The normalized spacial score (nSPS) is 12.9. The minimum Gasteiger partial charge on any atom is -0.313 e. The fourth-order valence-electron chi connectivity index (χ4n) is 2.04. The van der Waals surface area contributed by atoms with Gasteiger partial charge in [0.25, 0.3) is 0 Å². The summed E-state index contributed by atoms with van der Waals surface area (Å²) in [4.78, 5) is 1.42. The topological polar surface area (TPSA) is 12.0 Å². The molecule has 0 spiro atoms. The first kappa shape index (κ1) is 15.6. The molecule has 0 bridgehead atoms. The number of hydrogen-bond donors (Lipinski definition) is 1. The Balaban J connectivity index is 2.47. The first-order valence-electron chi connectivity index (χ1n) is 7.05. The van der Waals surface area contributed by atoms with Crippen LogP contribution >= 0.6 is 11.8 Å². The molecule has 102 valence electrons. The molecule has 18 heavy (non-hydrogen) atoms. The van der Waals surface area contributed by atoms with Crippen LogP contribution in [0.3, 0.4) is 0 Å². The molecule has 0 saturated carbocycles. The number of rotatable bonds is 8. The summed E-state index contributed by atoms with van der Waals surface area (Å²) in [6.07, 6.45) is 2.47. The minimum atomic E-state index is 0.634. The van der Waals surface area contributed by atoms with Crippen molar-refractivity contribution in [3.05, 3.63) is 29.8 Å². The maximum atomic E-state index is 3.67. The molecule has 0 aromatic heterocycles. The number of thioether (sulfide) groups is 1. The lowest BCUT2D eigenvalue weighted by Gasteiger charge is -2.20. The van der Waals surface area contributed by atoms with Crippen LogP contribution in [0.1, 0.15) is 39.2 Å². The third-order valence-electron chi connectivity index (χ3n) is 2.97. The van der Waals surface area contributed by atoms with Crippen molar-refractivity contribution >= 4 is 11.8 Å². The van der Waals surface area contributed by atoms with Gasteiger partial charge in [-0.05, 0) is 43.9 Å². The van der Waals surface area contributed by atoms with Gasteiger partial charge >= 0.3 is 0 Å². The largest absolute Gasteiger partial charge is 0.313 e. The van der Waals surface area contributed by atoms with Crippen molar-refractivity contribution in [2.24, 2.45) is 5.92 Å². The fourth-order valence-corrected chi connectivity index (χ4v) is 3.14. The molecule has 0 aliphatic rings. The molecule has 1 unspecified atom stereocenters. The van der Waals surface area contributed by atoms with Gasteiger partial charge in [0.2, 0.25) is 0 Å². The van der Waals surface area contributed by atoms with Crippen molar-refractivity contribution in [3.8, 4) is 0 Å². The van der Waals surface area contributed by atoms with E-state index in [0.717, 1.165) is 12.5 Å². The second-order valence-electron chi connectivity index (χ2n) is 5.36. The fraction of sp³-hybridized carbons (Fsp3) is 0.625. The molecule has 2 heteroatoms. The summed E-state index contributed by atoms with van der Waals surface area (Å²) in [7, 11) is 0. The van der Waals surface area contributed by atoms with Crippen LogP contribution in [0.25, 0.3) is 0 Å². The van der Waals surface area contributed by atoms with Gasteiger partial charge in [0.15, 0.2) is 0 Å². The highest BCUT2D eigenvalue weighted by Crippen LogP contribution is 2.23. The Labute approximate surface area is 117 Å². The molecular formula is C16H27NS. The zero-order valence-corrected chi connectivity index (χ0v) is 13.0. The molecule has 1 aromatic rings. The first-order chi connectivity index (χ1) is 8.63. The van der Waals surface area contributed by atoms with Gasteiger partial charge in [-0.25, -0.2) is 0 Å². The Morgan fingerprint density at radius 2 is 1.94 bits per heavy atom. The summed E-state index contributed by atoms with van der Waals surface area (Å²) < 4.78 is 0. The van der Waals surface area contributed by atoms with Gasteiger partial charge in [-0.3, -0.25) is 0 Å². The van der Waals surface area contributed by atoms with Gasteiger partial charge in [0, 0.05) is 16.7 Å². The summed E-state index contributed by atoms with van der Waals surface area (Å²) in [5.74, 6) is 1.93. The lowest BCUT2D eigenvalue weighted by atomic mass is 10.1. The molecule has 1 nitrogen and oxygen atoms in total. The number of aryl methyl sites for hydroxylation is 1. The van der Waals surface area contributed by atoms with Crippen LogP contribution in [-0.2, 0) is 0 Å². The highest BCUT2D eigenvalue weighted by molar-refractivity contribution is 7.99. The Hall–Kier alpha value is -0.470. The molecule has 1 atom stereocenters. The zero-order valence-electron chi connectivity index (χ0n) is 12.2. The molecule has 0 fully saturated rings. The van der Waals surface area contributed by atoms with E-state index in [1.54, 1.807) is 0 Å². The number of hydrogen-bond acceptors (Lipinski definition) is 2. The quantitative estimate of drug-likeness (QED) is 0.694. The maximum absolute atomic E-state index is 3.67. The Morgan fingerprint density at radius 1 is 1.22 bits per heavy atom. The van der Waals surface area contributed by atoms with Crippen LogP contribution in [0.4, 0.5) is 0 Å². The molecule has 0 amide bonds. The maximum Gasteiger partial charge on any atom is 0.0164 e. The number of nitrogens with one attached hydrogen (secondary N) is 1. The SMILES string of the molecule is CCCNC(CSc1ccccc1C)CC(C)C. The van der Waals surface area contributed by atoms with E-state index in [2.05, 4.69) is 57.3 Å². The van der Waals surface area contributed by atoms with Crippen LogP contribution in [0, 0.1) is 12.8 Å². The Kier molecular flexibility index (Phi) is 7.45. The van der Waals surface area contributed by atoms with Crippen molar-refractivity contribution < 1.29 is 0 Å². The van der Waals surface area contributed by atoms with Crippen molar-refractivity contribution in [1.82, 2.24) is 5.32 Å². The average molecular weight is 265 g/mol. The van der Waals surface area contributed by atoms with E-state index in [1.807, 2.05) is 11.8 Å². The van der Waals surface area contributed by atoms with Crippen LogP contribution in [0.5, 0.6) is 0 Å². The standard InChI is InChI=1S/C16H27NS/c1-5-10-17-15(11-13(2)3)12-18-16-9-7-6-8-14(16)4/h6-9,13,15,17H,5,10-12H2,1-4H3. The average Bonchev–Trinajstić information content (AvgIpc) is 2.34. The number of benzene rings is 1. The van der Waals surface area contributed by atoms with Gasteiger partial charge in [-0.1, -0.05) is 39.0 Å². The molecule has 1 aromatic carbocycles. The van der Waals surface area contributed by atoms with Crippen LogP contribution < -0.4 is 5.32 Å². The molecule has 0 aliphatic heterocycles. The van der Waals surface area contributed by atoms with Gasteiger partial charge in [0.05, 0.1) is 0 Å². The molecule has 1 N–H and O–H groups in total. The molecule has 0 radical (unpaired) electrons. The van der Waals surface area contributed by atoms with Crippen LogP contribution in [0.15, 0.2) is 29.2 Å². The first-order valence-corrected chi connectivity index (χ1v) is 8.03. The van der Waals surface area contributed by atoms with Gasteiger partial charge in [-0.15, -0.1) is 11.8 Å². The van der Waals surface area contributed by atoms with E-state index in [1.165, 1.54) is 29.1 Å². The van der Waals surface area contributed by atoms with E-state index in [-0.39, 0.29) is 0 Å².